The zero-order chi connectivity index (χ0) is 21.1. The summed E-state index contributed by atoms with van der Waals surface area (Å²) in [6.07, 6.45) is 1.71. The van der Waals surface area contributed by atoms with Crippen LogP contribution in [0, 0.1) is 5.82 Å². The lowest BCUT2D eigenvalue weighted by Gasteiger charge is -2.37. The smallest absolute Gasteiger partial charge is 0.338 e. The molecule has 1 aromatic carbocycles. The van der Waals surface area contributed by atoms with E-state index in [1.807, 2.05) is 12.3 Å². The number of methoxy groups -OCH3 is 1. The lowest BCUT2D eigenvalue weighted by atomic mass is 9.82. The van der Waals surface area contributed by atoms with Crippen molar-refractivity contribution >= 4 is 23.1 Å². The highest BCUT2D eigenvalue weighted by Gasteiger charge is 2.42. The number of ether oxygens (including phenoxy) is 2. The largest absolute Gasteiger partial charge is 0.466 e. The van der Waals surface area contributed by atoms with Crippen LogP contribution in [-0.4, -0.2) is 61.6 Å². The van der Waals surface area contributed by atoms with Gasteiger partial charge in [-0.15, -0.1) is 11.3 Å². The number of hydrogen-bond acceptors (Lipinski definition) is 8. The highest BCUT2D eigenvalue weighted by molar-refractivity contribution is 7.11. The quantitative estimate of drug-likeness (QED) is 0.734. The summed E-state index contributed by atoms with van der Waals surface area (Å²) < 4.78 is 24.2. The van der Waals surface area contributed by atoms with Crippen molar-refractivity contribution < 1.29 is 18.7 Å². The van der Waals surface area contributed by atoms with Gasteiger partial charge in [0.1, 0.15) is 11.4 Å². The molecule has 1 unspecified atom stereocenters. The number of carbonyl (C=O) groups excluding carboxylic acids is 1. The zero-order valence-electron chi connectivity index (χ0n) is 16.9. The van der Waals surface area contributed by atoms with Crippen molar-refractivity contribution in [3.05, 3.63) is 63.5 Å². The minimum atomic E-state index is -1.06. The number of carbonyl (C=O) groups is 1. The molecular weight excluding hydrogens is 407 g/mol. The third-order valence-corrected chi connectivity index (χ3v) is 6.09. The average molecular weight is 431 g/mol. The van der Waals surface area contributed by atoms with Gasteiger partial charge in [-0.25, -0.2) is 19.2 Å². The number of hydrogen-bond donors (Lipinski definition) is 1. The number of rotatable bonds is 5. The Kier molecular flexibility index (Phi) is 5.94. The number of morpholine rings is 1. The summed E-state index contributed by atoms with van der Waals surface area (Å²) in [5.41, 5.74) is 0.743. The fourth-order valence-electron chi connectivity index (χ4n) is 3.76. The molecule has 1 N–H and O–H groups in total. The Bertz CT molecular complexity index is 969. The van der Waals surface area contributed by atoms with Gasteiger partial charge in [-0.1, -0.05) is 12.1 Å². The molecule has 0 aliphatic carbocycles. The van der Waals surface area contributed by atoms with Gasteiger partial charge in [0, 0.05) is 36.9 Å². The Morgan fingerprint density at radius 3 is 2.70 bits per heavy atom. The van der Waals surface area contributed by atoms with Crippen molar-refractivity contribution in [3.8, 4) is 0 Å². The van der Waals surface area contributed by atoms with Gasteiger partial charge < -0.3 is 14.8 Å². The van der Waals surface area contributed by atoms with Crippen molar-refractivity contribution in [1.29, 1.82) is 0 Å². The van der Waals surface area contributed by atoms with E-state index in [1.54, 1.807) is 18.3 Å². The van der Waals surface area contributed by atoms with Crippen LogP contribution in [0.15, 0.2) is 52.1 Å². The Hall–Kier alpha value is -2.62. The number of benzene rings is 1. The van der Waals surface area contributed by atoms with E-state index >= 15 is 0 Å². The molecule has 1 aromatic heterocycles. The van der Waals surface area contributed by atoms with Gasteiger partial charge in [0.05, 0.1) is 25.9 Å². The SMILES string of the molecule is COC(=O)C1=C(CN2CCOCC2)NC(c2nccs2)=NC1(C)c1ccc(F)cc1. The van der Waals surface area contributed by atoms with Crippen LogP contribution >= 0.6 is 11.3 Å². The summed E-state index contributed by atoms with van der Waals surface area (Å²) in [4.78, 5) is 24.4. The second kappa shape index (κ2) is 8.63. The van der Waals surface area contributed by atoms with Gasteiger partial charge in [0.2, 0.25) is 0 Å². The third kappa shape index (κ3) is 4.00. The topological polar surface area (TPSA) is 76.0 Å². The van der Waals surface area contributed by atoms with Gasteiger partial charge >= 0.3 is 5.97 Å². The van der Waals surface area contributed by atoms with Gasteiger partial charge in [0.25, 0.3) is 0 Å². The highest BCUT2D eigenvalue weighted by atomic mass is 32.1. The summed E-state index contributed by atoms with van der Waals surface area (Å²) >= 11 is 1.45. The number of esters is 1. The van der Waals surface area contributed by atoms with Crippen molar-refractivity contribution in [2.24, 2.45) is 4.99 Å². The molecule has 2 aliphatic rings. The van der Waals surface area contributed by atoms with E-state index in [2.05, 4.69) is 15.2 Å². The van der Waals surface area contributed by atoms with E-state index in [0.717, 1.165) is 13.1 Å². The van der Waals surface area contributed by atoms with Crippen LogP contribution in [0.25, 0.3) is 0 Å². The Balaban J connectivity index is 1.84. The number of nitrogens with one attached hydrogen (secondary N) is 1. The van der Waals surface area contributed by atoms with Crippen molar-refractivity contribution in [2.75, 3.05) is 40.0 Å². The first kappa shape index (κ1) is 20.6. The molecule has 1 atom stereocenters. The standard InChI is InChI=1S/C21H23FN4O3S/c1-21(14-3-5-15(22)6-4-14)17(20(27)28-2)16(13-26-8-10-29-11-9-26)24-18(25-21)19-23-7-12-30-19/h3-7,12H,8-11,13H2,1-2H3,(H,24,25). The van der Waals surface area contributed by atoms with Crippen LogP contribution in [0.2, 0.25) is 0 Å². The Morgan fingerprint density at radius 1 is 1.33 bits per heavy atom. The van der Waals surface area contributed by atoms with E-state index in [0.29, 0.717) is 47.4 Å². The Labute approximate surface area is 178 Å². The number of thiazole rings is 1. The predicted molar refractivity (Wildman–Crippen MR) is 112 cm³/mol. The zero-order valence-corrected chi connectivity index (χ0v) is 17.7. The van der Waals surface area contributed by atoms with E-state index in [1.165, 1.54) is 30.6 Å². The molecule has 3 heterocycles. The third-order valence-electron chi connectivity index (χ3n) is 5.31. The molecule has 0 spiro atoms. The molecular formula is C21H23FN4O3S. The van der Waals surface area contributed by atoms with Crippen LogP contribution in [0.5, 0.6) is 0 Å². The summed E-state index contributed by atoms with van der Waals surface area (Å²) in [5.74, 6) is -0.246. The number of amidine groups is 1. The van der Waals surface area contributed by atoms with Crippen LogP contribution in [0.3, 0.4) is 0 Å². The monoisotopic (exact) mass is 430 g/mol. The van der Waals surface area contributed by atoms with Crippen LogP contribution in [-0.2, 0) is 19.8 Å². The predicted octanol–water partition coefficient (Wildman–Crippen LogP) is 2.31. The van der Waals surface area contributed by atoms with Crippen molar-refractivity contribution in [2.45, 2.75) is 12.5 Å². The number of aromatic nitrogens is 1. The van der Waals surface area contributed by atoms with Crippen molar-refractivity contribution in [3.63, 3.8) is 0 Å². The maximum Gasteiger partial charge on any atom is 0.338 e. The van der Waals surface area contributed by atoms with Crippen LogP contribution < -0.4 is 5.32 Å². The summed E-state index contributed by atoms with van der Waals surface area (Å²) in [5, 5.41) is 5.91. The van der Waals surface area contributed by atoms with E-state index in [-0.39, 0.29) is 5.82 Å². The van der Waals surface area contributed by atoms with Gasteiger partial charge in [-0.3, -0.25) is 4.90 Å². The molecule has 9 heteroatoms. The van der Waals surface area contributed by atoms with Crippen LogP contribution in [0.4, 0.5) is 4.39 Å². The molecule has 0 radical (unpaired) electrons. The second-order valence-corrected chi connectivity index (χ2v) is 8.13. The molecule has 7 nitrogen and oxygen atoms in total. The Morgan fingerprint density at radius 2 is 2.07 bits per heavy atom. The fraction of sp³-hybridized carbons (Fsp3) is 0.381. The van der Waals surface area contributed by atoms with E-state index in [9.17, 15) is 9.18 Å². The summed E-state index contributed by atoms with van der Waals surface area (Å²) in [6.45, 7) is 5.16. The minimum absolute atomic E-state index is 0.349. The average Bonchev–Trinajstić information content (AvgIpc) is 3.29. The normalized spacial score (nSPS) is 22.4. The number of aliphatic imine (C=N–C) groups is 1. The maximum atomic E-state index is 13.6. The molecule has 0 bridgehead atoms. The molecule has 1 fully saturated rings. The first-order chi connectivity index (χ1) is 14.5. The van der Waals surface area contributed by atoms with Crippen molar-refractivity contribution in [1.82, 2.24) is 15.2 Å². The van der Waals surface area contributed by atoms with E-state index in [4.69, 9.17) is 14.5 Å². The van der Waals surface area contributed by atoms with Gasteiger partial charge in [-0.05, 0) is 24.6 Å². The summed E-state index contributed by atoms with van der Waals surface area (Å²) in [7, 11) is 1.35. The number of nitrogens with zero attached hydrogens (tertiary/aromatic N) is 3. The van der Waals surface area contributed by atoms with Crippen LogP contribution in [0.1, 0.15) is 17.5 Å². The molecule has 0 saturated carbocycles. The lowest BCUT2D eigenvalue weighted by Crippen LogP contribution is -2.46. The summed E-state index contributed by atoms with van der Waals surface area (Å²) in [6, 6.07) is 6.05. The number of halogens is 1. The molecule has 158 valence electrons. The molecule has 2 aliphatic heterocycles. The second-order valence-electron chi connectivity index (χ2n) is 7.24. The molecule has 4 rings (SSSR count). The molecule has 1 saturated heterocycles. The highest BCUT2D eigenvalue weighted by Crippen LogP contribution is 2.39. The maximum absolute atomic E-state index is 13.6. The van der Waals surface area contributed by atoms with E-state index < -0.39 is 11.5 Å². The minimum Gasteiger partial charge on any atom is -0.466 e. The molecule has 2 aromatic rings. The first-order valence-corrected chi connectivity index (χ1v) is 10.5. The van der Waals surface area contributed by atoms with Gasteiger partial charge in [-0.2, -0.15) is 0 Å². The molecule has 30 heavy (non-hydrogen) atoms. The fourth-order valence-corrected chi connectivity index (χ4v) is 4.34. The van der Waals surface area contributed by atoms with Gasteiger partial charge in [0.15, 0.2) is 10.8 Å². The molecule has 0 amide bonds. The lowest BCUT2D eigenvalue weighted by molar-refractivity contribution is -0.137. The first-order valence-electron chi connectivity index (χ1n) is 9.66.